The molecule has 0 bridgehead atoms. The summed E-state index contributed by atoms with van der Waals surface area (Å²) in [7, 11) is 0. The number of carbonyl (C=O) groups excluding carboxylic acids is 2. The number of nitrogens with one attached hydrogen (secondary N) is 3. The molecule has 1 aliphatic carbocycles. The molecule has 2 rings (SSSR count). The normalized spacial score (nSPS) is 21.0. The third-order valence-electron chi connectivity index (χ3n) is 4.45. The second kappa shape index (κ2) is 10.0. The van der Waals surface area contributed by atoms with E-state index in [0.29, 0.717) is 12.5 Å². The molecule has 2 amide bonds. The Bertz CT molecular complexity index is 355. The second-order valence-electron chi connectivity index (χ2n) is 6.11. The Labute approximate surface area is 139 Å². The van der Waals surface area contributed by atoms with Gasteiger partial charge in [-0.3, -0.25) is 14.5 Å². The average Bonchev–Trinajstić information content (AvgIpc) is 2.99. The van der Waals surface area contributed by atoms with E-state index in [0.717, 1.165) is 58.4 Å². The first kappa shape index (κ1) is 19.2. The van der Waals surface area contributed by atoms with Crippen LogP contribution in [0.25, 0.3) is 0 Å². The fraction of sp³-hybridized carbons (Fsp3) is 0.867. The first-order valence-electron chi connectivity index (χ1n) is 8.14. The molecule has 2 aliphatic rings. The van der Waals surface area contributed by atoms with Crippen LogP contribution in [0.2, 0.25) is 0 Å². The Morgan fingerprint density at radius 3 is 2.45 bits per heavy atom. The summed E-state index contributed by atoms with van der Waals surface area (Å²) in [6.45, 7) is 7.12. The number of amides is 2. The van der Waals surface area contributed by atoms with Gasteiger partial charge in [0.25, 0.3) is 0 Å². The molecule has 1 unspecified atom stereocenters. The van der Waals surface area contributed by atoms with Gasteiger partial charge in [-0.2, -0.15) is 0 Å². The van der Waals surface area contributed by atoms with Crippen molar-refractivity contribution in [3.63, 3.8) is 0 Å². The molecule has 1 saturated carbocycles. The fourth-order valence-corrected chi connectivity index (χ4v) is 3.29. The van der Waals surface area contributed by atoms with E-state index in [-0.39, 0.29) is 30.3 Å². The Morgan fingerprint density at radius 1 is 1.23 bits per heavy atom. The number of carbonyl (C=O) groups is 2. The number of hydrogen-bond acceptors (Lipinski definition) is 4. The lowest BCUT2D eigenvalue weighted by Crippen LogP contribution is -2.52. The van der Waals surface area contributed by atoms with E-state index in [1.807, 2.05) is 0 Å². The highest BCUT2D eigenvalue weighted by molar-refractivity contribution is 5.87. The predicted octanol–water partition coefficient (Wildman–Crippen LogP) is 0.125. The van der Waals surface area contributed by atoms with Crippen LogP contribution in [0.5, 0.6) is 0 Å². The van der Waals surface area contributed by atoms with Gasteiger partial charge in [0.15, 0.2) is 0 Å². The average molecular weight is 333 g/mol. The Hall–Kier alpha value is -0.850. The first-order chi connectivity index (χ1) is 10.2. The summed E-state index contributed by atoms with van der Waals surface area (Å²) in [5.41, 5.74) is 0. The molecule has 3 N–H and O–H groups in total. The summed E-state index contributed by atoms with van der Waals surface area (Å²) in [6, 6.07) is -0.354. The Morgan fingerprint density at radius 2 is 1.86 bits per heavy atom. The monoisotopic (exact) mass is 332 g/mol. The zero-order valence-electron chi connectivity index (χ0n) is 13.4. The van der Waals surface area contributed by atoms with Gasteiger partial charge in [0, 0.05) is 46.2 Å². The van der Waals surface area contributed by atoms with Crippen LogP contribution in [0.4, 0.5) is 0 Å². The van der Waals surface area contributed by atoms with Crippen molar-refractivity contribution in [2.24, 2.45) is 5.92 Å². The van der Waals surface area contributed by atoms with Crippen molar-refractivity contribution in [1.29, 1.82) is 0 Å². The second-order valence-corrected chi connectivity index (χ2v) is 6.11. The highest BCUT2D eigenvalue weighted by atomic mass is 35.5. The van der Waals surface area contributed by atoms with Crippen molar-refractivity contribution in [2.75, 3.05) is 39.3 Å². The van der Waals surface area contributed by atoms with E-state index >= 15 is 0 Å². The zero-order valence-corrected chi connectivity index (χ0v) is 14.2. The SMILES string of the molecule is CC(=O)NC(C(=O)NCCN1CCNCC1)C1CCCC1.Cl. The molecule has 7 heteroatoms. The highest BCUT2D eigenvalue weighted by Crippen LogP contribution is 2.27. The maximum absolute atomic E-state index is 12.4. The smallest absolute Gasteiger partial charge is 0.242 e. The van der Waals surface area contributed by atoms with Crippen molar-refractivity contribution >= 4 is 24.2 Å². The van der Waals surface area contributed by atoms with Gasteiger partial charge in [-0.25, -0.2) is 0 Å². The van der Waals surface area contributed by atoms with E-state index in [4.69, 9.17) is 0 Å². The van der Waals surface area contributed by atoms with E-state index in [9.17, 15) is 9.59 Å². The van der Waals surface area contributed by atoms with Crippen LogP contribution in [0.3, 0.4) is 0 Å². The minimum atomic E-state index is -0.354. The van der Waals surface area contributed by atoms with E-state index in [2.05, 4.69) is 20.9 Å². The summed E-state index contributed by atoms with van der Waals surface area (Å²) in [5.74, 6) is 0.157. The lowest BCUT2D eigenvalue weighted by Gasteiger charge is -2.28. The van der Waals surface area contributed by atoms with Gasteiger partial charge in [-0.1, -0.05) is 12.8 Å². The van der Waals surface area contributed by atoms with Crippen molar-refractivity contribution < 1.29 is 9.59 Å². The summed E-state index contributed by atoms with van der Waals surface area (Å²) in [6.07, 6.45) is 4.40. The minimum absolute atomic E-state index is 0. The molecule has 22 heavy (non-hydrogen) atoms. The number of nitrogens with zero attached hydrogens (tertiary/aromatic N) is 1. The molecular weight excluding hydrogens is 304 g/mol. The number of hydrogen-bond donors (Lipinski definition) is 3. The molecule has 1 aliphatic heterocycles. The lowest BCUT2D eigenvalue weighted by atomic mass is 9.97. The van der Waals surface area contributed by atoms with E-state index in [1.165, 1.54) is 6.92 Å². The van der Waals surface area contributed by atoms with Crippen LogP contribution in [0.15, 0.2) is 0 Å². The van der Waals surface area contributed by atoms with E-state index < -0.39 is 0 Å². The first-order valence-corrected chi connectivity index (χ1v) is 8.14. The summed E-state index contributed by atoms with van der Waals surface area (Å²) >= 11 is 0. The zero-order chi connectivity index (χ0) is 15.1. The van der Waals surface area contributed by atoms with Crippen molar-refractivity contribution in [1.82, 2.24) is 20.9 Å². The number of piperazine rings is 1. The van der Waals surface area contributed by atoms with Crippen molar-refractivity contribution in [2.45, 2.75) is 38.6 Å². The minimum Gasteiger partial charge on any atom is -0.353 e. The molecular formula is C15H29ClN4O2. The molecule has 2 fully saturated rings. The van der Waals surface area contributed by atoms with Gasteiger partial charge in [0.05, 0.1) is 0 Å². The molecule has 128 valence electrons. The maximum Gasteiger partial charge on any atom is 0.242 e. The number of rotatable bonds is 6. The van der Waals surface area contributed by atoms with Crippen molar-refractivity contribution in [3.8, 4) is 0 Å². The van der Waals surface area contributed by atoms with Crippen LogP contribution in [-0.2, 0) is 9.59 Å². The third kappa shape index (κ3) is 6.10. The van der Waals surface area contributed by atoms with Gasteiger partial charge < -0.3 is 16.0 Å². The molecule has 0 aromatic heterocycles. The van der Waals surface area contributed by atoms with Crippen LogP contribution in [0.1, 0.15) is 32.6 Å². The van der Waals surface area contributed by atoms with Crippen LogP contribution < -0.4 is 16.0 Å². The molecule has 0 spiro atoms. The standard InChI is InChI=1S/C15H28N4O2.ClH/c1-12(20)18-14(13-4-2-3-5-13)15(21)17-8-11-19-9-6-16-7-10-19;/h13-14,16H,2-11H2,1H3,(H,17,21)(H,18,20);1H. The van der Waals surface area contributed by atoms with E-state index in [1.54, 1.807) is 0 Å². The predicted molar refractivity (Wildman–Crippen MR) is 89.1 cm³/mol. The summed E-state index contributed by atoms with van der Waals surface area (Å²) in [4.78, 5) is 26.0. The summed E-state index contributed by atoms with van der Waals surface area (Å²) < 4.78 is 0. The third-order valence-corrected chi connectivity index (χ3v) is 4.45. The number of halogens is 1. The Kier molecular flexibility index (Phi) is 8.75. The van der Waals surface area contributed by atoms with Crippen molar-refractivity contribution in [3.05, 3.63) is 0 Å². The summed E-state index contributed by atoms with van der Waals surface area (Å²) in [5, 5.41) is 9.15. The fourth-order valence-electron chi connectivity index (χ4n) is 3.29. The largest absolute Gasteiger partial charge is 0.353 e. The van der Waals surface area contributed by atoms with Crippen LogP contribution >= 0.6 is 12.4 Å². The van der Waals surface area contributed by atoms with Crippen LogP contribution in [-0.4, -0.2) is 62.0 Å². The maximum atomic E-state index is 12.4. The van der Waals surface area contributed by atoms with Gasteiger partial charge in [0.2, 0.25) is 11.8 Å². The van der Waals surface area contributed by atoms with Gasteiger partial charge in [-0.15, -0.1) is 12.4 Å². The molecule has 0 radical (unpaired) electrons. The molecule has 1 atom stereocenters. The topological polar surface area (TPSA) is 73.5 Å². The lowest BCUT2D eigenvalue weighted by molar-refractivity contribution is -0.129. The molecule has 0 aromatic carbocycles. The van der Waals surface area contributed by atoms with Gasteiger partial charge >= 0.3 is 0 Å². The molecule has 6 nitrogen and oxygen atoms in total. The quantitative estimate of drug-likeness (QED) is 0.646. The van der Waals surface area contributed by atoms with Gasteiger partial charge in [0.1, 0.15) is 6.04 Å². The molecule has 1 saturated heterocycles. The van der Waals surface area contributed by atoms with Crippen LogP contribution in [0, 0.1) is 5.92 Å². The Balaban J connectivity index is 0.00000242. The molecule has 0 aromatic rings. The van der Waals surface area contributed by atoms with Gasteiger partial charge in [-0.05, 0) is 18.8 Å². The molecule has 1 heterocycles. The highest BCUT2D eigenvalue weighted by Gasteiger charge is 2.31.